The number of carbonyl (C=O) groups excluding carboxylic acids is 1. The summed E-state index contributed by atoms with van der Waals surface area (Å²) in [6.07, 6.45) is 2.78. The van der Waals surface area contributed by atoms with Gasteiger partial charge in [-0.3, -0.25) is 4.79 Å². The Labute approximate surface area is 114 Å². The van der Waals surface area contributed by atoms with Crippen molar-refractivity contribution in [3.05, 3.63) is 58.3 Å². The molecule has 18 heavy (non-hydrogen) atoms. The van der Waals surface area contributed by atoms with E-state index in [0.29, 0.717) is 5.03 Å². The van der Waals surface area contributed by atoms with Crippen LogP contribution in [0, 0.1) is 0 Å². The molecule has 90 valence electrons. The summed E-state index contributed by atoms with van der Waals surface area (Å²) in [7, 11) is 0. The molecule has 1 aromatic heterocycles. The number of rotatable bonds is 2. The van der Waals surface area contributed by atoms with E-state index in [-0.39, 0.29) is 6.04 Å². The lowest BCUT2D eigenvalue weighted by Gasteiger charge is -2.31. The Hall–Kier alpha value is -1.58. The molecule has 0 N–H and O–H groups in total. The van der Waals surface area contributed by atoms with Gasteiger partial charge in [-0.05, 0) is 23.6 Å². The molecule has 0 saturated heterocycles. The van der Waals surface area contributed by atoms with Gasteiger partial charge in [0, 0.05) is 15.5 Å². The van der Waals surface area contributed by atoms with Crippen LogP contribution in [0.25, 0.3) is 5.03 Å². The van der Waals surface area contributed by atoms with Crippen LogP contribution in [0.2, 0.25) is 0 Å². The molecule has 0 fully saturated rings. The normalized spacial score (nSPS) is 18.2. The Kier molecular flexibility index (Phi) is 2.94. The average Bonchev–Trinajstić information content (AvgIpc) is 2.92. The fraction of sp³-hybridized carbons (Fsp3) is 0.0714. The van der Waals surface area contributed by atoms with Gasteiger partial charge in [-0.25, -0.2) is 0 Å². The molecule has 0 bridgehead atoms. The second kappa shape index (κ2) is 4.59. The number of carbonyl (C=O) groups is 1. The molecule has 2 nitrogen and oxygen atoms in total. The van der Waals surface area contributed by atoms with Crippen molar-refractivity contribution in [2.45, 2.75) is 6.04 Å². The van der Waals surface area contributed by atoms with Crippen molar-refractivity contribution < 1.29 is 4.79 Å². The van der Waals surface area contributed by atoms with Crippen LogP contribution >= 0.6 is 22.9 Å². The molecule has 0 saturated carbocycles. The van der Waals surface area contributed by atoms with Gasteiger partial charge in [0.25, 0.3) is 0 Å². The number of hydrogen-bond donors (Lipinski definition) is 0. The van der Waals surface area contributed by atoms with Crippen LogP contribution in [-0.4, -0.2) is 6.41 Å². The van der Waals surface area contributed by atoms with Crippen LogP contribution in [0.5, 0.6) is 0 Å². The maximum atomic E-state index is 11.4. The number of amides is 1. The molecule has 2 heterocycles. The second-order valence-electron chi connectivity index (χ2n) is 4.00. The van der Waals surface area contributed by atoms with Crippen LogP contribution in [0.4, 0.5) is 5.69 Å². The van der Waals surface area contributed by atoms with E-state index in [4.69, 9.17) is 11.6 Å². The summed E-state index contributed by atoms with van der Waals surface area (Å²) in [5.41, 5.74) is 1.76. The first-order valence-corrected chi connectivity index (χ1v) is 6.81. The standard InChI is InChI=1S/C14H10ClNOS/c15-11-8-13(14-6-3-7-18-14)16(9-17)12-5-2-1-4-10(11)12/h1-9,13H. The number of hydrogen-bond acceptors (Lipinski definition) is 2. The van der Waals surface area contributed by atoms with E-state index in [1.807, 2.05) is 47.9 Å². The molecule has 1 aromatic carbocycles. The first kappa shape index (κ1) is 11.5. The van der Waals surface area contributed by atoms with E-state index < -0.39 is 0 Å². The number of benzene rings is 1. The SMILES string of the molecule is O=CN1c2ccccc2C(Cl)=CC1c1cccs1. The fourth-order valence-corrected chi connectivity index (χ4v) is 3.23. The molecule has 1 aliphatic heterocycles. The summed E-state index contributed by atoms with van der Waals surface area (Å²) >= 11 is 7.93. The Balaban J connectivity index is 2.15. The molecular weight excluding hydrogens is 266 g/mol. The predicted molar refractivity (Wildman–Crippen MR) is 75.9 cm³/mol. The Morgan fingerprint density at radius 3 is 2.78 bits per heavy atom. The molecule has 2 aromatic rings. The number of anilines is 1. The van der Waals surface area contributed by atoms with Crippen LogP contribution in [0.15, 0.2) is 47.9 Å². The average molecular weight is 276 g/mol. The molecule has 1 unspecified atom stereocenters. The fourth-order valence-electron chi connectivity index (χ4n) is 2.16. The zero-order valence-corrected chi connectivity index (χ0v) is 11.0. The van der Waals surface area contributed by atoms with E-state index in [1.165, 1.54) is 0 Å². The Morgan fingerprint density at radius 2 is 2.06 bits per heavy atom. The van der Waals surface area contributed by atoms with E-state index in [2.05, 4.69) is 0 Å². The highest BCUT2D eigenvalue weighted by atomic mass is 35.5. The molecule has 1 atom stereocenters. The van der Waals surface area contributed by atoms with Crippen molar-refractivity contribution in [2.24, 2.45) is 0 Å². The lowest BCUT2D eigenvalue weighted by molar-refractivity contribution is -0.107. The zero-order valence-electron chi connectivity index (χ0n) is 9.42. The highest BCUT2D eigenvalue weighted by molar-refractivity contribution is 7.10. The first-order valence-electron chi connectivity index (χ1n) is 5.55. The maximum Gasteiger partial charge on any atom is 0.215 e. The van der Waals surface area contributed by atoms with Gasteiger partial charge in [0.1, 0.15) is 0 Å². The minimum absolute atomic E-state index is 0.107. The van der Waals surface area contributed by atoms with Crippen molar-refractivity contribution in [1.82, 2.24) is 0 Å². The lowest BCUT2D eigenvalue weighted by atomic mass is 10.0. The van der Waals surface area contributed by atoms with Crippen LogP contribution < -0.4 is 4.90 Å². The highest BCUT2D eigenvalue weighted by Gasteiger charge is 2.27. The topological polar surface area (TPSA) is 20.3 Å². The summed E-state index contributed by atoms with van der Waals surface area (Å²) in [6.45, 7) is 0. The molecule has 1 amide bonds. The minimum Gasteiger partial charge on any atom is -0.302 e. The summed E-state index contributed by atoms with van der Waals surface area (Å²) < 4.78 is 0. The number of fused-ring (bicyclic) bond motifs is 1. The van der Waals surface area contributed by atoms with Crippen molar-refractivity contribution in [3.63, 3.8) is 0 Å². The predicted octanol–water partition coefficient (Wildman–Crippen LogP) is 4.05. The molecule has 0 spiro atoms. The number of para-hydroxylation sites is 1. The van der Waals surface area contributed by atoms with Gasteiger partial charge in [0.05, 0.1) is 11.7 Å². The monoisotopic (exact) mass is 275 g/mol. The number of thiophene rings is 1. The van der Waals surface area contributed by atoms with E-state index in [1.54, 1.807) is 16.2 Å². The first-order chi connectivity index (χ1) is 8.81. The van der Waals surface area contributed by atoms with Gasteiger partial charge in [0.2, 0.25) is 6.41 Å². The lowest BCUT2D eigenvalue weighted by Crippen LogP contribution is -2.28. The van der Waals surface area contributed by atoms with Crippen molar-refractivity contribution in [2.75, 3.05) is 4.90 Å². The van der Waals surface area contributed by atoms with Gasteiger partial charge in [-0.15, -0.1) is 11.3 Å². The smallest absolute Gasteiger partial charge is 0.215 e. The largest absolute Gasteiger partial charge is 0.302 e. The van der Waals surface area contributed by atoms with E-state index in [9.17, 15) is 4.79 Å². The van der Waals surface area contributed by atoms with Gasteiger partial charge in [0.15, 0.2) is 0 Å². The van der Waals surface area contributed by atoms with Gasteiger partial charge < -0.3 is 4.90 Å². The zero-order chi connectivity index (χ0) is 12.5. The van der Waals surface area contributed by atoms with E-state index >= 15 is 0 Å². The highest BCUT2D eigenvalue weighted by Crippen LogP contribution is 2.41. The van der Waals surface area contributed by atoms with Crippen molar-refractivity contribution >= 4 is 40.1 Å². The van der Waals surface area contributed by atoms with Crippen LogP contribution in [0.3, 0.4) is 0 Å². The number of halogens is 1. The third-order valence-electron chi connectivity index (χ3n) is 2.99. The third-order valence-corrected chi connectivity index (χ3v) is 4.26. The van der Waals surface area contributed by atoms with Crippen LogP contribution in [0.1, 0.15) is 16.5 Å². The maximum absolute atomic E-state index is 11.4. The van der Waals surface area contributed by atoms with Crippen molar-refractivity contribution in [3.8, 4) is 0 Å². The Bertz CT molecular complexity index is 606. The molecule has 0 radical (unpaired) electrons. The molecule has 3 rings (SSSR count). The van der Waals surface area contributed by atoms with Crippen LogP contribution in [-0.2, 0) is 4.79 Å². The minimum atomic E-state index is -0.107. The molecule has 1 aliphatic rings. The van der Waals surface area contributed by atoms with E-state index in [0.717, 1.165) is 22.5 Å². The summed E-state index contributed by atoms with van der Waals surface area (Å²) in [5, 5.41) is 2.70. The molecule has 4 heteroatoms. The van der Waals surface area contributed by atoms with Crippen molar-refractivity contribution in [1.29, 1.82) is 0 Å². The Morgan fingerprint density at radius 1 is 1.22 bits per heavy atom. The summed E-state index contributed by atoms with van der Waals surface area (Å²) in [5.74, 6) is 0. The molecule has 0 aliphatic carbocycles. The van der Waals surface area contributed by atoms with Gasteiger partial charge >= 0.3 is 0 Å². The second-order valence-corrected chi connectivity index (χ2v) is 5.39. The van der Waals surface area contributed by atoms with Gasteiger partial charge in [-0.2, -0.15) is 0 Å². The third kappa shape index (κ3) is 1.76. The molecular formula is C14H10ClNOS. The summed E-state index contributed by atoms with van der Waals surface area (Å²) in [4.78, 5) is 14.2. The quantitative estimate of drug-likeness (QED) is 0.758. The number of nitrogens with zero attached hydrogens (tertiary/aromatic N) is 1. The van der Waals surface area contributed by atoms with Gasteiger partial charge in [-0.1, -0.05) is 35.9 Å². The summed E-state index contributed by atoms with van der Waals surface area (Å²) in [6, 6.07) is 11.6.